The number of hydrogen-bond acceptors (Lipinski definition) is 8. The summed E-state index contributed by atoms with van der Waals surface area (Å²) in [7, 11) is -3.62. The zero-order valence-corrected chi connectivity index (χ0v) is 24.5. The van der Waals surface area contributed by atoms with Crippen LogP contribution in [0.5, 0.6) is 0 Å². The van der Waals surface area contributed by atoms with Gasteiger partial charge in [-0.05, 0) is 63.8 Å². The Labute approximate surface area is 239 Å². The molecule has 4 aliphatic rings. The second kappa shape index (κ2) is 10.1. The highest BCUT2D eigenvalue weighted by Crippen LogP contribution is 2.42. The molecular weight excluding hydrogens is 556 g/mol. The van der Waals surface area contributed by atoms with E-state index < -0.39 is 45.0 Å². The lowest BCUT2D eigenvalue weighted by atomic mass is 9.81. The van der Waals surface area contributed by atoms with Gasteiger partial charge in [0.2, 0.25) is 15.9 Å². The fourth-order valence-electron chi connectivity index (χ4n) is 6.65. The number of likely N-dealkylation sites (tertiary alicyclic amines) is 1. The lowest BCUT2D eigenvalue weighted by Crippen LogP contribution is -2.63. The van der Waals surface area contributed by atoms with E-state index in [9.17, 15) is 32.0 Å². The molecule has 3 saturated heterocycles. The van der Waals surface area contributed by atoms with Gasteiger partial charge in [-0.25, -0.2) is 18.9 Å². The molecule has 0 spiro atoms. The summed E-state index contributed by atoms with van der Waals surface area (Å²) in [6.07, 6.45) is 0.748. The quantitative estimate of drug-likeness (QED) is 0.472. The van der Waals surface area contributed by atoms with Crippen LogP contribution in [0.25, 0.3) is 0 Å². The SMILES string of the molecule is CC(F)(F)C(=O)N1CCC(CC#N)(N2NC(Nc3ccc4c(c3)CN(C(C)(C)C)S4(=O)=O)C3C(=O)NCCC32)CC1. The Morgan fingerprint density at radius 1 is 1.22 bits per heavy atom. The molecule has 1 aromatic rings. The highest BCUT2D eigenvalue weighted by Gasteiger charge is 2.55. The summed E-state index contributed by atoms with van der Waals surface area (Å²) < 4.78 is 55.1. The highest BCUT2D eigenvalue weighted by atomic mass is 32.2. The van der Waals surface area contributed by atoms with Crippen LogP contribution >= 0.6 is 0 Å². The van der Waals surface area contributed by atoms with Crippen molar-refractivity contribution in [2.75, 3.05) is 25.0 Å². The summed E-state index contributed by atoms with van der Waals surface area (Å²) in [5.41, 5.74) is 3.39. The van der Waals surface area contributed by atoms with Gasteiger partial charge in [-0.2, -0.15) is 18.3 Å². The fraction of sp³-hybridized carbons (Fsp3) is 0.667. The van der Waals surface area contributed by atoms with Crippen molar-refractivity contribution in [3.05, 3.63) is 23.8 Å². The fourth-order valence-corrected chi connectivity index (χ4v) is 8.61. The summed E-state index contributed by atoms with van der Waals surface area (Å²) in [4.78, 5) is 26.8. The van der Waals surface area contributed by atoms with Gasteiger partial charge in [-0.15, -0.1) is 0 Å². The maximum atomic E-state index is 13.7. The Kier molecular flexibility index (Phi) is 7.33. The van der Waals surface area contributed by atoms with E-state index in [0.29, 0.717) is 44.0 Å². The molecule has 0 bridgehead atoms. The minimum Gasteiger partial charge on any atom is -0.368 e. The Bertz CT molecular complexity index is 1380. The first kappa shape index (κ1) is 29.6. The monoisotopic (exact) mass is 593 g/mol. The van der Waals surface area contributed by atoms with Gasteiger partial charge in [0.25, 0.3) is 5.91 Å². The number of carbonyl (C=O) groups excluding carboxylic acids is 2. The van der Waals surface area contributed by atoms with Crippen LogP contribution in [0.1, 0.15) is 58.9 Å². The van der Waals surface area contributed by atoms with Crippen molar-refractivity contribution in [2.45, 2.75) is 94.0 Å². The van der Waals surface area contributed by atoms with Crippen molar-refractivity contribution < 1.29 is 26.8 Å². The van der Waals surface area contributed by atoms with Crippen LogP contribution in [0, 0.1) is 17.2 Å². The predicted octanol–water partition coefficient (Wildman–Crippen LogP) is 1.98. The van der Waals surface area contributed by atoms with Crippen molar-refractivity contribution in [1.82, 2.24) is 25.0 Å². The molecule has 14 heteroatoms. The van der Waals surface area contributed by atoms with Crippen molar-refractivity contribution >= 4 is 27.5 Å². The first-order chi connectivity index (χ1) is 19.1. The van der Waals surface area contributed by atoms with Gasteiger partial charge in [-0.1, -0.05) is 0 Å². The number of sulfonamides is 1. The second-order valence-corrected chi connectivity index (χ2v) is 14.4. The molecule has 3 fully saturated rings. The van der Waals surface area contributed by atoms with E-state index in [0.717, 1.165) is 4.90 Å². The molecule has 11 nitrogen and oxygen atoms in total. The van der Waals surface area contributed by atoms with E-state index in [1.54, 1.807) is 18.2 Å². The molecule has 3 N–H and O–H groups in total. The molecule has 0 aliphatic carbocycles. The predicted molar refractivity (Wildman–Crippen MR) is 146 cm³/mol. The van der Waals surface area contributed by atoms with Crippen LogP contribution < -0.4 is 16.1 Å². The van der Waals surface area contributed by atoms with Crippen molar-refractivity contribution in [1.29, 1.82) is 5.26 Å². The number of benzene rings is 1. The van der Waals surface area contributed by atoms with E-state index in [-0.39, 0.29) is 42.9 Å². The van der Waals surface area contributed by atoms with Gasteiger partial charge in [0, 0.05) is 50.4 Å². The van der Waals surface area contributed by atoms with Crippen LogP contribution in [0.4, 0.5) is 14.5 Å². The number of nitriles is 1. The lowest BCUT2D eigenvalue weighted by Gasteiger charge is -2.49. The minimum absolute atomic E-state index is 0.0768. The van der Waals surface area contributed by atoms with E-state index in [4.69, 9.17) is 0 Å². The molecule has 2 amide bonds. The van der Waals surface area contributed by atoms with Crippen LogP contribution in [0.3, 0.4) is 0 Å². The molecule has 5 rings (SSSR count). The molecule has 3 unspecified atom stereocenters. The molecule has 4 heterocycles. The van der Waals surface area contributed by atoms with E-state index in [2.05, 4.69) is 22.1 Å². The zero-order valence-electron chi connectivity index (χ0n) is 23.7. The summed E-state index contributed by atoms with van der Waals surface area (Å²) in [6.45, 7) is 6.98. The highest BCUT2D eigenvalue weighted by molar-refractivity contribution is 7.89. The number of piperidine rings is 2. The van der Waals surface area contributed by atoms with Gasteiger partial charge in [0.1, 0.15) is 6.17 Å². The standard InChI is InChI=1S/C27H37F2N7O4S/c1-25(2,3)35-16-17-15-18(5-6-20(17)41(35,39)40)32-22-21-19(7-12-31-23(21)37)36(33-22)27(8-11-30)9-13-34(14-10-27)24(38)26(4,28)29/h5-6,15,19,21-22,32-33H,7-10,12-14,16H2,1-4H3,(H,31,37). The van der Waals surface area contributed by atoms with Gasteiger partial charge >= 0.3 is 5.92 Å². The molecule has 4 aliphatic heterocycles. The van der Waals surface area contributed by atoms with Gasteiger partial charge < -0.3 is 15.5 Å². The molecular formula is C27H37F2N7O4S. The minimum atomic E-state index is -3.62. The number of carbonyl (C=O) groups is 2. The average molecular weight is 594 g/mol. The van der Waals surface area contributed by atoms with Crippen molar-refractivity contribution in [3.63, 3.8) is 0 Å². The molecule has 0 saturated carbocycles. The summed E-state index contributed by atoms with van der Waals surface area (Å²) >= 11 is 0. The maximum absolute atomic E-state index is 13.7. The van der Waals surface area contributed by atoms with E-state index in [1.165, 1.54) is 4.31 Å². The third-order valence-electron chi connectivity index (χ3n) is 8.71. The number of alkyl halides is 2. The number of amides is 2. The number of hydrazine groups is 1. The van der Waals surface area contributed by atoms with E-state index in [1.807, 2.05) is 25.8 Å². The number of anilines is 1. The summed E-state index contributed by atoms with van der Waals surface area (Å²) in [5.74, 6) is -5.37. The van der Waals surface area contributed by atoms with Crippen molar-refractivity contribution in [3.8, 4) is 6.07 Å². The van der Waals surface area contributed by atoms with Gasteiger partial charge in [-0.3, -0.25) is 9.59 Å². The van der Waals surface area contributed by atoms with Gasteiger partial charge in [0.05, 0.1) is 28.8 Å². The molecule has 0 radical (unpaired) electrons. The number of rotatable bonds is 5. The van der Waals surface area contributed by atoms with Crippen LogP contribution in [-0.2, 0) is 26.2 Å². The normalized spacial score (nSPS) is 28.0. The number of fused-ring (bicyclic) bond motifs is 2. The lowest BCUT2D eigenvalue weighted by molar-refractivity contribution is -0.158. The first-order valence-electron chi connectivity index (χ1n) is 13.9. The Morgan fingerprint density at radius 3 is 2.51 bits per heavy atom. The third-order valence-corrected chi connectivity index (χ3v) is 10.9. The second-order valence-electron chi connectivity index (χ2n) is 12.5. The average Bonchev–Trinajstić information content (AvgIpc) is 3.39. The summed E-state index contributed by atoms with van der Waals surface area (Å²) in [5, 5.41) is 18.0. The molecule has 1 aromatic carbocycles. The molecule has 41 heavy (non-hydrogen) atoms. The van der Waals surface area contributed by atoms with Crippen molar-refractivity contribution in [2.24, 2.45) is 5.92 Å². The molecule has 3 atom stereocenters. The zero-order chi connectivity index (χ0) is 30.0. The number of nitrogens with one attached hydrogen (secondary N) is 3. The molecule has 224 valence electrons. The number of nitrogens with zero attached hydrogens (tertiary/aromatic N) is 4. The Balaban J connectivity index is 1.40. The molecule has 0 aromatic heterocycles. The van der Waals surface area contributed by atoms with E-state index >= 15 is 0 Å². The Morgan fingerprint density at radius 2 is 1.90 bits per heavy atom. The topological polar surface area (TPSA) is 138 Å². The Hall–Kier alpha value is -2.86. The smallest absolute Gasteiger partial charge is 0.322 e. The van der Waals surface area contributed by atoms with Crippen LogP contribution in [-0.4, -0.2) is 83.3 Å². The number of halogens is 2. The van der Waals surface area contributed by atoms with Crippen LogP contribution in [0.15, 0.2) is 23.1 Å². The number of hydrogen-bond donors (Lipinski definition) is 3. The third kappa shape index (κ3) is 5.17. The first-order valence-corrected chi connectivity index (χ1v) is 15.3. The summed E-state index contributed by atoms with van der Waals surface area (Å²) in [6, 6.07) is 7.02. The van der Waals surface area contributed by atoms with Crippen LogP contribution in [0.2, 0.25) is 0 Å². The largest absolute Gasteiger partial charge is 0.368 e. The van der Waals surface area contributed by atoms with Gasteiger partial charge in [0.15, 0.2) is 0 Å². The maximum Gasteiger partial charge on any atom is 0.322 e.